The van der Waals surface area contributed by atoms with Crippen molar-refractivity contribution in [2.24, 2.45) is 5.73 Å². The summed E-state index contributed by atoms with van der Waals surface area (Å²) in [6.07, 6.45) is 0. The maximum absolute atomic E-state index is 5.42. The summed E-state index contributed by atoms with van der Waals surface area (Å²) in [5, 5.41) is 4.53. The van der Waals surface area contributed by atoms with Crippen molar-refractivity contribution in [3.8, 4) is 11.8 Å². The third-order valence-corrected chi connectivity index (χ3v) is 5.00. The smallest absolute Gasteiger partial charge is 0.0736 e. The number of aromatic nitrogens is 1. The lowest BCUT2D eigenvalue weighted by Gasteiger charge is -1.97. The van der Waals surface area contributed by atoms with Crippen LogP contribution in [0.1, 0.15) is 10.4 Å². The minimum Gasteiger partial charge on any atom is -0.350 e. The van der Waals surface area contributed by atoms with Crippen LogP contribution < -0.4 is 5.73 Å². The molecule has 0 aliphatic carbocycles. The van der Waals surface area contributed by atoms with Crippen molar-refractivity contribution in [2.45, 2.75) is 10.8 Å². The van der Waals surface area contributed by atoms with Gasteiger partial charge in [0.15, 0.2) is 0 Å². The predicted octanol–water partition coefficient (Wildman–Crippen LogP) is 3.83. The van der Waals surface area contributed by atoms with Crippen LogP contribution in [0.25, 0.3) is 10.9 Å². The molecule has 2 nitrogen and oxygen atoms in total. The lowest BCUT2D eigenvalue weighted by molar-refractivity contribution is 1.23. The minimum atomic E-state index is 0.407. The van der Waals surface area contributed by atoms with E-state index >= 15 is 0 Å². The molecule has 2 aromatic heterocycles. The van der Waals surface area contributed by atoms with Crippen LogP contribution in [0.15, 0.2) is 46.8 Å². The summed E-state index contributed by atoms with van der Waals surface area (Å²) in [5.74, 6) is 6.98. The molecule has 20 heavy (non-hydrogen) atoms. The van der Waals surface area contributed by atoms with Crippen molar-refractivity contribution in [3.05, 3.63) is 52.2 Å². The predicted molar refractivity (Wildman–Crippen MR) is 88.1 cm³/mol. The first kappa shape index (κ1) is 13.3. The van der Waals surface area contributed by atoms with Crippen LogP contribution in [-0.2, 0) is 5.75 Å². The van der Waals surface area contributed by atoms with Crippen LogP contribution in [0.4, 0.5) is 0 Å². The highest BCUT2D eigenvalue weighted by atomic mass is 32.2. The Morgan fingerprint density at radius 2 is 2.15 bits per heavy atom. The van der Waals surface area contributed by atoms with Crippen LogP contribution in [0.3, 0.4) is 0 Å². The zero-order valence-corrected chi connectivity index (χ0v) is 12.5. The van der Waals surface area contributed by atoms with Crippen LogP contribution in [-0.4, -0.2) is 11.5 Å². The van der Waals surface area contributed by atoms with Gasteiger partial charge < -0.3 is 10.7 Å². The van der Waals surface area contributed by atoms with Crippen molar-refractivity contribution in [1.29, 1.82) is 0 Å². The van der Waals surface area contributed by atoms with Gasteiger partial charge in [0.05, 0.1) is 11.6 Å². The second-order valence-corrected chi connectivity index (χ2v) is 6.29. The van der Waals surface area contributed by atoms with Gasteiger partial charge in [-0.1, -0.05) is 30.0 Å². The van der Waals surface area contributed by atoms with Crippen LogP contribution in [0.2, 0.25) is 0 Å². The van der Waals surface area contributed by atoms with Crippen molar-refractivity contribution >= 4 is 34.0 Å². The molecule has 0 saturated heterocycles. The van der Waals surface area contributed by atoms with Gasteiger partial charge in [-0.2, -0.15) is 0 Å². The molecule has 2 heterocycles. The van der Waals surface area contributed by atoms with Gasteiger partial charge in [-0.3, -0.25) is 0 Å². The second-order valence-electron chi connectivity index (χ2n) is 4.27. The standard InChI is InChI=1S/C16H14N2S2/c17-8-3-5-12-7-9-19-15(12)11-20-16-10-13-4-1-2-6-14(13)18-16/h1-2,4,6-7,9-10,18H,8,11,17H2. The quantitative estimate of drug-likeness (QED) is 0.570. The molecule has 0 fully saturated rings. The van der Waals surface area contributed by atoms with Crippen LogP contribution in [0, 0.1) is 11.8 Å². The second kappa shape index (κ2) is 6.19. The van der Waals surface area contributed by atoms with Crippen molar-refractivity contribution in [1.82, 2.24) is 4.98 Å². The number of nitrogens with two attached hydrogens (primary N) is 1. The minimum absolute atomic E-state index is 0.407. The van der Waals surface area contributed by atoms with E-state index in [2.05, 4.69) is 52.5 Å². The molecule has 4 heteroatoms. The lowest BCUT2D eigenvalue weighted by Crippen LogP contribution is -1.93. The fourth-order valence-corrected chi connectivity index (χ4v) is 3.88. The Morgan fingerprint density at radius 3 is 3.00 bits per heavy atom. The van der Waals surface area contributed by atoms with Gasteiger partial charge in [-0.25, -0.2) is 0 Å². The Bertz CT molecular complexity index is 741. The summed E-state index contributed by atoms with van der Waals surface area (Å²) in [4.78, 5) is 4.73. The molecule has 1 aromatic carbocycles. The van der Waals surface area contributed by atoms with Gasteiger partial charge in [0.1, 0.15) is 0 Å². The first-order valence-corrected chi connectivity index (χ1v) is 8.19. The fraction of sp³-hybridized carbons (Fsp3) is 0.125. The maximum atomic E-state index is 5.42. The average molecular weight is 298 g/mol. The van der Waals surface area contributed by atoms with Crippen molar-refractivity contribution < 1.29 is 0 Å². The zero-order valence-electron chi connectivity index (χ0n) is 10.8. The zero-order chi connectivity index (χ0) is 13.8. The van der Waals surface area contributed by atoms with E-state index in [1.165, 1.54) is 20.8 Å². The number of para-hydroxylation sites is 1. The lowest BCUT2D eigenvalue weighted by atomic mass is 10.3. The van der Waals surface area contributed by atoms with E-state index < -0.39 is 0 Å². The van der Waals surface area contributed by atoms with E-state index in [0.717, 1.165) is 11.3 Å². The van der Waals surface area contributed by atoms with Crippen molar-refractivity contribution in [3.63, 3.8) is 0 Å². The number of hydrogen-bond donors (Lipinski definition) is 2. The fourth-order valence-electron chi connectivity index (χ4n) is 1.98. The molecule has 0 saturated carbocycles. The molecule has 0 unspecified atom stereocenters. The normalized spacial score (nSPS) is 10.4. The van der Waals surface area contributed by atoms with Crippen molar-refractivity contribution in [2.75, 3.05) is 6.54 Å². The number of fused-ring (bicyclic) bond motifs is 1. The topological polar surface area (TPSA) is 41.8 Å². The van der Waals surface area contributed by atoms with Crippen LogP contribution >= 0.6 is 23.1 Å². The third kappa shape index (κ3) is 2.91. The SMILES string of the molecule is NCC#Cc1ccsc1CSc1cc2ccccc2[nH]1. The van der Waals surface area contributed by atoms with Gasteiger partial charge in [0.25, 0.3) is 0 Å². The number of thioether (sulfide) groups is 1. The molecular formula is C16H14N2S2. The highest BCUT2D eigenvalue weighted by Crippen LogP contribution is 2.29. The summed E-state index contributed by atoms with van der Waals surface area (Å²) >= 11 is 3.56. The number of rotatable bonds is 3. The molecule has 0 aliphatic rings. The van der Waals surface area contributed by atoms with Gasteiger partial charge in [-0.15, -0.1) is 23.1 Å². The Hall–Kier alpha value is -1.67. The Kier molecular flexibility index (Phi) is 4.12. The number of benzene rings is 1. The highest BCUT2D eigenvalue weighted by Gasteiger charge is 2.05. The molecule has 0 amide bonds. The molecule has 0 radical (unpaired) electrons. The summed E-state index contributed by atoms with van der Waals surface area (Å²) in [5.41, 5.74) is 7.71. The molecule has 0 bridgehead atoms. The largest absolute Gasteiger partial charge is 0.350 e. The first-order valence-electron chi connectivity index (χ1n) is 6.32. The van der Waals surface area contributed by atoms with Gasteiger partial charge in [-0.05, 0) is 23.6 Å². The Labute approximate surface area is 126 Å². The van der Waals surface area contributed by atoms with Gasteiger partial charge >= 0.3 is 0 Å². The summed E-state index contributed by atoms with van der Waals surface area (Å²) in [6, 6.07) is 12.6. The number of thiophene rings is 1. The first-order chi connectivity index (χ1) is 9.86. The Morgan fingerprint density at radius 1 is 1.25 bits per heavy atom. The molecule has 3 rings (SSSR count). The molecule has 100 valence electrons. The number of hydrogen-bond acceptors (Lipinski definition) is 3. The molecule has 3 aromatic rings. The molecular weight excluding hydrogens is 284 g/mol. The van der Waals surface area contributed by atoms with E-state index in [4.69, 9.17) is 5.73 Å². The molecule has 0 aliphatic heterocycles. The average Bonchev–Trinajstić information content (AvgIpc) is 3.08. The summed E-state index contributed by atoms with van der Waals surface area (Å²) in [6.45, 7) is 0.407. The van der Waals surface area contributed by atoms with E-state index in [1.807, 2.05) is 17.8 Å². The molecule has 3 N–H and O–H groups in total. The summed E-state index contributed by atoms with van der Waals surface area (Å²) in [7, 11) is 0. The number of H-pyrrole nitrogens is 1. The summed E-state index contributed by atoms with van der Waals surface area (Å²) < 4.78 is 0. The van der Waals surface area contributed by atoms with Gasteiger partial charge in [0.2, 0.25) is 0 Å². The van der Waals surface area contributed by atoms with E-state index in [-0.39, 0.29) is 0 Å². The molecule has 0 atom stereocenters. The van der Waals surface area contributed by atoms with E-state index in [0.29, 0.717) is 6.54 Å². The number of aromatic amines is 1. The molecule has 0 spiro atoms. The van der Waals surface area contributed by atoms with E-state index in [9.17, 15) is 0 Å². The third-order valence-electron chi connectivity index (χ3n) is 2.93. The van der Waals surface area contributed by atoms with Crippen LogP contribution in [0.5, 0.6) is 0 Å². The van der Waals surface area contributed by atoms with E-state index in [1.54, 1.807) is 11.3 Å². The maximum Gasteiger partial charge on any atom is 0.0736 e. The highest BCUT2D eigenvalue weighted by molar-refractivity contribution is 7.98. The number of nitrogens with one attached hydrogen (secondary N) is 1. The monoisotopic (exact) mass is 298 g/mol. The van der Waals surface area contributed by atoms with Gasteiger partial charge in [0, 0.05) is 27.1 Å². The Balaban J connectivity index is 1.74.